The van der Waals surface area contributed by atoms with Crippen LogP contribution in [0.15, 0.2) is 51.7 Å². The van der Waals surface area contributed by atoms with Crippen molar-refractivity contribution in [3.63, 3.8) is 0 Å². The largest absolute Gasteiger partial charge is 0.497 e. The predicted molar refractivity (Wildman–Crippen MR) is 127 cm³/mol. The zero-order valence-corrected chi connectivity index (χ0v) is 19.8. The quantitative estimate of drug-likeness (QED) is 0.148. The molecule has 0 spiro atoms. The Kier molecular flexibility index (Phi) is 7.94. The van der Waals surface area contributed by atoms with Gasteiger partial charge in [-0.25, -0.2) is 0 Å². The number of carboxylic acids is 1. The number of aliphatic carboxylic acids is 1. The van der Waals surface area contributed by atoms with Crippen LogP contribution in [0, 0.1) is 0 Å². The van der Waals surface area contributed by atoms with Crippen LogP contribution in [0.25, 0.3) is 22.3 Å². The molecule has 0 unspecified atom stereocenters. The van der Waals surface area contributed by atoms with Gasteiger partial charge in [-0.15, -0.1) is 0 Å². The highest BCUT2D eigenvalue weighted by atomic mass is 16.7. The van der Waals surface area contributed by atoms with E-state index in [1.54, 1.807) is 24.3 Å². The second-order valence-electron chi connectivity index (χ2n) is 8.36. The van der Waals surface area contributed by atoms with Gasteiger partial charge in [0, 0.05) is 23.8 Å². The van der Waals surface area contributed by atoms with Crippen molar-refractivity contribution in [1.29, 1.82) is 0 Å². The van der Waals surface area contributed by atoms with Crippen molar-refractivity contribution >= 4 is 22.9 Å². The Morgan fingerprint density at radius 2 is 1.68 bits per heavy atom. The Morgan fingerprint density at radius 3 is 2.32 bits per heavy atom. The van der Waals surface area contributed by atoms with Gasteiger partial charge in [-0.2, -0.15) is 0 Å². The summed E-state index contributed by atoms with van der Waals surface area (Å²) in [6.45, 7) is -0.694. The summed E-state index contributed by atoms with van der Waals surface area (Å²) in [5.41, 5.74) is -0.229. The van der Waals surface area contributed by atoms with Gasteiger partial charge in [0.25, 0.3) is 0 Å². The first-order chi connectivity index (χ1) is 18.1. The third kappa shape index (κ3) is 5.61. The highest BCUT2D eigenvalue weighted by Crippen LogP contribution is 2.34. The Labute approximate surface area is 214 Å². The molecule has 1 aliphatic rings. The number of carbonyl (C=O) groups is 2. The highest BCUT2D eigenvalue weighted by molar-refractivity contribution is 5.94. The number of esters is 1. The number of hydrogen-bond donors (Lipinski definition) is 5. The van der Waals surface area contributed by atoms with Crippen LogP contribution in [0.2, 0.25) is 0 Å². The molecule has 0 saturated carbocycles. The lowest BCUT2D eigenvalue weighted by Crippen LogP contribution is -2.60. The van der Waals surface area contributed by atoms with E-state index < -0.39 is 61.1 Å². The van der Waals surface area contributed by atoms with E-state index in [4.69, 9.17) is 28.5 Å². The van der Waals surface area contributed by atoms with Gasteiger partial charge >= 0.3 is 11.9 Å². The van der Waals surface area contributed by atoms with Crippen LogP contribution < -0.4 is 19.6 Å². The summed E-state index contributed by atoms with van der Waals surface area (Å²) in [7, 11) is 1.50. The number of methoxy groups -OCH3 is 1. The summed E-state index contributed by atoms with van der Waals surface area (Å²) in [6, 6.07) is 10.1. The average molecular weight is 532 g/mol. The summed E-state index contributed by atoms with van der Waals surface area (Å²) < 4.78 is 27.1. The van der Waals surface area contributed by atoms with Gasteiger partial charge in [0.15, 0.2) is 5.43 Å². The molecule has 0 amide bonds. The van der Waals surface area contributed by atoms with Crippen LogP contribution in [0.4, 0.5) is 0 Å². The van der Waals surface area contributed by atoms with Crippen LogP contribution in [-0.4, -0.2) is 81.9 Å². The lowest BCUT2D eigenvalue weighted by Gasteiger charge is -2.39. The first kappa shape index (κ1) is 27.0. The molecule has 1 fully saturated rings. The number of benzene rings is 2. The minimum atomic E-state index is -1.75. The number of aliphatic hydroxyl groups excluding tert-OH is 4. The SMILES string of the molecule is COc1ccc(-c2cc(=O)c3c(OC(=O)CC(=O)O)cc(O[C@@H]4O[C@H](CO)[C@@H](O)[C@H](O)[C@H]4O)cc3o2)cc1. The van der Waals surface area contributed by atoms with E-state index in [1.807, 2.05) is 0 Å². The molecule has 13 heteroatoms. The normalized spacial score (nSPS) is 23.1. The Bertz CT molecular complexity index is 1380. The first-order valence-electron chi connectivity index (χ1n) is 11.3. The van der Waals surface area contributed by atoms with Gasteiger partial charge in [-0.05, 0) is 24.3 Å². The van der Waals surface area contributed by atoms with Gasteiger partial charge < -0.3 is 48.9 Å². The van der Waals surface area contributed by atoms with Gasteiger partial charge in [-0.3, -0.25) is 14.4 Å². The molecular formula is C25H24O13. The zero-order chi connectivity index (χ0) is 27.6. The molecule has 5 N–H and O–H groups in total. The third-order valence-electron chi connectivity index (χ3n) is 5.76. The molecule has 1 aliphatic heterocycles. The maximum atomic E-state index is 13.0. The van der Waals surface area contributed by atoms with Gasteiger partial charge in [0.2, 0.25) is 6.29 Å². The van der Waals surface area contributed by atoms with E-state index >= 15 is 0 Å². The van der Waals surface area contributed by atoms with E-state index in [0.29, 0.717) is 11.3 Å². The Balaban J connectivity index is 1.78. The molecule has 5 atom stereocenters. The van der Waals surface area contributed by atoms with Crippen molar-refractivity contribution in [1.82, 2.24) is 0 Å². The Hall–Kier alpha value is -4.01. The van der Waals surface area contributed by atoms with Crippen molar-refractivity contribution in [2.45, 2.75) is 37.1 Å². The number of rotatable bonds is 8. The summed E-state index contributed by atoms with van der Waals surface area (Å²) in [5, 5.41) is 48.5. The number of fused-ring (bicyclic) bond motifs is 1. The van der Waals surface area contributed by atoms with Crippen LogP contribution in [-0.2, 0) is 14.3 Å². The summed E-state index contributed by atoms with van der Waals surface area (Å²) in [5.74, 6) is -2.49. The molecule has 2 heterocycles. The molecule has 202 valence electrons. The standard InChI is InChI=1S/C25H24O13/c1-34-12-4-2-11(3-5-12)15-8-14(27)21-16(36-15)6-13(7-17(21)37-20(30)9-19(28)29)35-25-24(33)23(32)22(31)18(10-26)38-25/h2-8,18,22-26,31-33H,9-10H2,1H3,(H,28,29)/t18-,22-,23+,24-,25-/m1/s1. The van der Waals surface area contributed by atoms with Crippen LogP contribution in [0.5, 0.6) is 17.2 Å². The minimum Gasteiger partial charge on any atom is -0.497 e. The number of hydrogen-bond acceptors (Lipinski definition) is 12. The number of carbonyl (C=O) groups excluding carboxylic acids is 1. The lowest BCUT2D eigenvalue weighted by atomic mass is 9.99. The molecule has 0 bridgehead atoms. The highest BCUT2D eigenvalue weighted by Gasteiger charge is 2.44. The van der Waals surface area contributed by atoms with E-state index in [9.17, 15) is 34.8 Å². The number of aliphatic hydroxyl groups is 4. The molecule has 0 radical (unpaired) electrons. The smallest absolute Gasteiger partial charge is 0.322 e. The predicted octanol–water partition coefficient (Wildman–Crippen LogP) is 0.0274. The topological polar surface area (TPSA) is 202 Å². The number of ether oxygens (including phenoxy) is 4. The maximum absolute atomic E-state index is 13.0. The molecule has 13 nitrogen and oxygen atoms in total. The fraction of sp³-hybridized carbons (Fsp3) is 0.320. The summed E-state index contributed by atoms with van der Waals surface area (Å²) in [6.07, 6.45) is -8.94. The molecule has 1 saturated heterocycles. The fourth-order valence-electron chi connectivity index (χ4n) is 3.86. The second-order valence-corrected chi connectivity index (χ2v) is 8.36. The van der Waals surface area contributed by atoms with Crippen LogP contribution >= 0.6 is 0 Å². The monoisotopic (exact) mass is 532 g/mol. The molecule has 0 aliphatic carbocycles. The summed E-state index contributed by atoms with van der Waals surface area (Å²) in [4.78, 5) is 36.1. The first-order valence-corrected chi connectivity index (χ1v) is 11.3. The second kappa shape index (κ2) is 11.2. The third-order valence-corrected chi connectivity index (χ3v) is 5.76. The molecule has 2 aromatic carbocycles. The van der Waals surface area contributed by atoms with Crippen molar-refractivity contribution in [2.24, 2.45) is 0 Å². The molecule has 38 heavy (non-hydrogen) atoms. The van der Waals surface area contributed by atoms with Crippen LogP contribution in [0.3, 0.4) is 0 Å². The lowest BCUT2D eigenvalue weighted by molar-refractivity contribution is -0.277. The van der Waals surface area contributed by atoms with E-state index in [1.165, 1.54) is 13.2 Å². The maximum Gasteiger partial charge on any atom is 0.322 e. The molecule has 1 aromatic heterocycles. The van der Waals surface area contributed by atoms with Crippen molar-refractivity contribution < 1.29 is 58.5 Å². The van der Waals surface area contributed by atoms with E-state index in [2.05, 4.69) is 0 Å². The van der Waals surface area contributed by atoms with Gasteiger partial charge in [0.1, 0.15) is 64.8 Å². The fourth-order valence-corrected chi connectivity index (χ4v) is 3.86. The van der Waals surface area contributed by atoms with Crippen molar-refractivity contribution in [2.75, 3.05) is 13.7 Å². The summed E-state index contributed by atoms with van der Waals surface area (Å²) >= 11 is 0. The van der Waals surface area contributed by atoms with Crippen molar-refractivity contribution in [3.8, 4) is 28.6 Å². The van der Waals surface area contributed by atoms with Crippen molar-refractivity contribution in [3.05, 3.63) is 52.7 Å². The van der Waals surface area contributed by atoms with E-state index in [-0.39, 0.29) is 28.2 Å². The molecular weight excluding hydrogens is 508 g/mol. The van der Waals surface area contributed by atoms with E-state index in [0.717, 1.165) is 12.1 Å². The van der Waals surface area contributed by atoms with Gasteiger partial charge in [-0.1, -0.05) is 0 Å². The number of carboxylic acid groups (broad SMARTS) is 1. The zero-order valence-electron chi connectivity index (χ0n) is 19.8. The van der Waals surface area contributed by atoms with Crippen LogP contribution in [0.1, 0.15) is 6.42 Å². The Morgan fingerprint density at radius 1 is 0.974 bits per heavy atom. The average Bonchev–Trinajstić information content (AvgIpc) is 2.88. The molecule has 4 rings (SSSR count). The van der Waals surface area contributed by atoms with Gasteiger partial charge in [0.05, 0.1) is 13.7 Å². The molecule has 3 aromatic rings. The minimum absolute atomic E-state index is 0.122.